The number of allylic oxidation sites excluding steroid dienone is 3. The Morgan fingerprint density at radius 3 is 1.83 bits per heavy atom. The van der Waals surface area contributed by atoms with Gasteiger partial charge in [0.15, 0.2) is 5.78 Å². The van der Waals surface area contributed by atoms with Crippen LogP contribution < -0.4 is 9.80 Å². The second-order valence-corrected chi connectivity index (χ2v) is 9.43. The third-order valence-corrected chi connectivity index (χ3v) is 7.07. The summed E-state index contributed by atoms with van der Waals surface area (Å²) in [6.45, 7) is 6.63. The molecule has 36 heavy (non-hydrogen) atoms. The quantitative estimate of drug-likeness (QED) is 0.579. The number of morpholine rings is 2. The molecule has 188 valence electrons. The molecule has 2 aromatic rings. The van der Waals surface area contributed by atoms with Gasteiger partial charge >= 0.3 is 0 Å². The first-order chi connectivity index (χ1) is 17.7. The third kappa shape index (κ3) is 5.89. The second kappa shape index (κ2) is 11.6. The Morgan fingerprint density at radius 2 is 1.28 bits per heavy atom. The smallest absolute Gasteiger partial charge is 0.185 e. The number of hydrogen-bond donors (Lipinski definition) is 1. The van der Waals surface area contributed by atoms with E-state index in [1.807, 2.05) is 24.3 Å². The summed E-state index contributed by atoms with van der Waals surface area (Å²) in [7, 11) is 0. The molecular formula is C30H34N2O4. The lowest BCUT2D eigenvalue weighted by Crippen LogP contribution is -2.36. The molecule has 0 saturated carbocycles. The van der Waals surface area contributed by atoms with Crippen molar-refractivity contribution in [1.29, 1.82) is 0 Å². The van der Waals surface area contributed by atoms with Crippen molar-refractivity contribution in [3.8, 4) is 0 Å². The van der Waals surface area contributed by atoms with Crippen LogP contribution in [0.5, 0.6) is 0 Å². The summed E-state index contributed by atoms with van der Waals surface area (Å²) < 4.78 is 10.9. The lowest BCUT2D eigenvalue weighted by Gasteiger charge is -2.28. The van der Waals surface area contributed by atoms with Gasteiger partial charge in [-0.1, -0.05) is 30.3 Å². The number of nitrogens with zero attached hydrogens (tertiary/aromatic N) is 2. The number of benzene rings is 2. The van der Waals surface area contributed by atoms with Crippen LogP contribution in [0.25, 0.3) is 12.2 Å². The molecule has 0 spiro atoms. The SMILES string of the molecule is O=C(/C=C/c1ccc(N2CCOCC2)cc1)C1=C(O)/C(=C/c2ccc(N3CCOCC3)cc2)CCC1. The number of carbonyl (C=O) groups excluding carboxylic acids is 1. The van der Waals surface area contributed by atoms with Gasteiger partial charge in [-0.05, 0) is 72.4 Å². The van der Waals surface area contributed by atoms with Crippen LogP contribution in [0.4, 0.5) is 11.4 Å². The van der Waals surface area contributed by atoms with Crippen LogP contribution >= 0.6 is 0 Å². The lowest BCUT2D eigenvalue weighted by atomic mass is 9.89. The van der Waals surface area contributed by atoms with Gasteiger partial charge in [-0.15, -0.1) is 0 Å². The largest absolute Gasteiger partial charge is 0.507 e. The van der Waals surface area contributed by atoms with E-state index < -0.39 is 0 Å². The Kier molecular flexibility index (Phi) is 7.84. The van der Waals surface area contributed by atoms with Crippen molar-refractivity contribution in [1.82, 2.24) is 0 Å². The van der Waals surface area contributed by atoms with Crippen molar-refractivity contribution in [3.63, 3.8) is 0 Å². The van der Waals surface area contributed by atoms with E-state index in [0.717, 1.165) is 82.1 Å². The summed E-state index contributed by atoms with van der Waals surface area (Å²) in [6, 6.07) is 16.6. The number of aliphatic hydroxyl groups is 1. The first kappa shape index (κ1) is 24.3. The van der Waals surface area contributed by atoms with Crippen LogP contribution in [0.1, 0.15) is 30.4 Å². The highest BCUT2D eigenvalue weighted by Gasteiger charge is 2.21. The van der Waals surface area contributed by atoms with Gasteiger partial charge in [0, 0.05) is 43.1 Å². The molecule has 0 bridgehead atoms. The molecule has 2 fully saturated rings. The minimum Gasteiger partial charge on any atom is -0.507 e. The number of carbonyl (C=O) groups is 1. The molecule has 1 aliphatic carbocycles. The molecule has 2 saturated heterocycles. The van der Waals surface area contributed by atoms with Gasteiger partial charge in [0.1, 0.15) is 5.76 Å². The van der Waals surface area contributed by atoms with Crippen molar-refractivity contribution in [3.05, 3.63) is 82.6 Å². The minimum absolute atomic E-state index is 0.127. The fourth-order valence-electron chi connectivity index (χ4n) is 4.96. The molecule has 2 heterocycles. The Morgan fingerprint density at radius 1 is 0.750 bits per heavy atom. The number of ketones is 1. The van der Waals surface area contributed by atoms with Crippen molar-refractivity contribution in [2.45, 2.75) is 19.3 Å². The van der Waals surface area contributed by atoms with Gasteiger partial charge in [0.25, 0.3) is 0 Å². The maximum Gasteiger partial charge on any atom is 0.185 e. The van der Waals surface area contributed by atoms with Crippen molar-refractivity contribution in [2.24, 2.45) is 0 Å². The monoisotopic (exact) mass is 486 g/mol. The summed E-state index contributed by atoms with van der Waals surface area (Å²) in [5.41, 5.74) is 5.67. The van der Waals surface area contributed by atoms with Gasteiger partial charge < -0.3 is 24.4 Å². The van der Waals surface area contributed by atoms with E-state index in [1.165, 1.54) is 11.4 Å². The Bertz CT molecular complexity index is 1140. The van der Waals surface area contributed by atoms with E-state index in [0.29, 0.717) is 12.0 Å². The maximum atomic E-state index is 12.9. The normalized spacial score (nSPS) is 20.4. The molecule has 0 amide bonds. The summed E-state index contributed by atoms with van der Waals surface area (Å²) >= 11 is 0. The standard InChI is InChI=1S/C30H34N2O4/c33-29(13-8-23-4-9-26(10-5-23)31-14-18-35-19-15-31)28-3-1-2-25(30(28)34)22-24-6-11-27(12-7-24)32-16-20-36-21-17-32/h4-13,22,34H,1-3,14-21H2/b13-8+,25-22+. The van der Waals surface area contributed by atoms with Crippen LogP contribution in [0.15, 0.2) is 71.5 Å². The Balaban J connectivity index is 1.25. The first-order valence-electron chi connectivity index (χ1n) is 12.9. The molecule has 3 aliphatic rings. The van der Waals surface area contributed by atoms with Crippen LogP contribution in [0.2, 0.25) is 0 Å². The summed E-state index contributed by atoms with van der Waals surface area (Å²) in [5.74, 6) is 0.00819. The molecule has 0 aromatic heterocycles. The van der Waals surface area contributed by atoms with Gasteiger partial charge in [-0.3, -0.25) is 4.79 Å². The zero-order chi connectivity index (χ0) is 24.7. The predicted octanol–water partition coefficient (Wildman–Crippen LogP) is 5.02. The fraction of sp³-hybridized carbons (Fsp3) is 0.367. The van der Waals surface area contributed by atoms with E-state index in [9.17, 15) is 9.90 Å². The highest BCUT2D eigenvalue weighted by Crippen LogP contribution is 2.31. The molecule has 0 unspecified atom stereocenters. The molecule has 1 N–H and O–H groups in total. The average Bonchev–Trinajstić information content (AvgIpc) is 2.94. The van der Waals surface area contributed by atoms with Crippen molar-refractivity contribution < 1.29 is 19.4 Å². The van der Waals surface area contributed by atoms with Crippen molar-refractivity contribution in [2.75, 3.05) is 62.4 Å². The number of ether oxygens (including phenoxy) is 2. The molecule has 0 radical (unpaired) electrons. The number of anilines is 2. The number of aliphatic hydroxyl groups excluding tert-OH is 1. The lowest BCUT2D eigenvalue weighted by molar-refractivity contribution is -0.111. The van der Waals surface area contributed by atoms with Gasteiger partial charge in [0.2, 0.25) is 0 Å². The highest BCUT2D eigenvalue weighted by atomic mass is 16.5. The molecule has 6 nitrogen and oxygen atoms in total. The second-order valence-electron chi connectivity index (χ2n) is 9.43. The van der Waals surface area contributed by atoms with E-state index in [1.54, 1.807) is 6.08 Å². The Labute approximate surface area is 213 Å². The zero-order valence-electron chi connectivity index (χ0n) is 20.7. The number of hydrogen-bond acceptors (Lipinski definition) is 6. The summed E-state index contributed by atoms with van der Waals surface area (Å²) in [5, 5.41) is 10.9. The highest BCUT2D eigenvalue weighted by molar-refractivity contribution is 6.07. The van der Waals surface area contributed by atoms with Crippen LogP contribution in [-0.4, -0.2) is 63.5 Å². The molecule has 5 rings (SSSR count). The van der Waals surface area contributed by atoms with E-state index in [4.69, 9.17) is 9.47 Å². The summed E-state index contributed by atoms with van der Waals surface area (Å²) in [6.07, 6.45) is 7.62. The molecular weight excluding hydrogens is 452 g/mol. The zero-order valence-corrected chi connectivity index (χ0v) is 20.7. The fourth-order valence-corrected chi connectivity index (χ4v) is 4.96. The molecule has 2 aromatic carbocycles. The van der Waals surface area contributed by atoms with Gasteiger partial charge in [0.05, 0.1) is 26.4 Å². The molecule has 2 aliphatic heterocycles. The molecule has 0 atom stereocenters. The van der Waals surface area contributed by atoms with Crippen LogP contribution in [-0.2, 0) is 14.3 Å². The van der Waals surface area contributed by atoms with Crippen molar-refractivity contribution >= 4 is 29.3 Å². The van der Waals surface area contributed by atoms with E-state index >= 15 is 0 Å². The average molecular weight is 487 g/mol. The summed E-state index contributed by atoms with van der Waals surface area (Å²) in [4.78, 5) is 17.6. The van der Waals surface area contributed by atoms with E-state index in [2.05, 4.69) is 46.2 Å². The third-order valence-electron chi connectivity index (χ3n) is 7.07. The van der Waals surface area contributed by atoms with Crippen LogP contribution in [0, 0.1) is 0 Å². The van der Waals surface area contributed by atoms with Gasteiger partial charge in [-0.2, -0.15) is 0 Å². The molecule has 6 heteroatoms. The Hall–Kier alpha value is -3.35. The van der Waals surface area contributed by atoms with E-state index in [-0.39, 0.29) is 11.5 Å². The minimum atomic E-state index is -0.127. The maximum absolute atomic E-state index is 12.9. The van der Waals surface area contributed by atoms with Gasteiger partial charge in [-0.25, -0.2) is 0 Å². The number of rotatable bonds is 6. The first-order valence-corrected chi connectivity index (χ1v) is 12.9. The predicted molar refractivity (Wildman–Crippen MR) is 144 cm³/mol. The van der Waals surface area contributed by atoms with Crippen LogP contribution in [0.3, 0.4) is 0 Å². The topological polar surface area (TPSA) is 62.2 Å².